The Morgan fingerprint density at radius 3 is 2.65 bits per heavy atom. The Morgan fingerprint density at radius 2 is 2.00 bits per heavy atom. The van der Waals surface area contributed by atoms with Gasteiger partial charge in [-0.05, 0) is 29.4 Å². The largest absolute Gasteiger partial charge is 0.296 e. The number of imide groups is 1. The van der Waals surface area contributed by atoms with Gasteiger partial charge in [0.25, 0.3) is 0 Å². The Labute approximate surface area is 127 Å². The second-order valence-corrected chi connectivity index (χ2v) is 7.20. The fourth-order valence-electron chi connectivity index (χ4n) is 3.44. The highest BCUT2D eigenvalue weighted by molar-refractivity contribution is 9.10. The van der Waals surface area contributed by atoms with E-state index in [9.17, 15) is 9.59 Å². The van der Waals surface area contributed by atoms with E-state index in [1.165, 1.54) is 12.8 Å². The molecule has 2 atom stereocenters. The molecule has 1 aliphatic carbocycles. The minimum absolute atomic E-state index is 0.138. The Kier molecular flexibility index (Phi) is 3.44. The lowest BCUT2D eigenvalue weighted by Crippen LogP contribution is -2.49. The molecule has 0 aromatic heterocycles. The number of rotatable bonds is 3. The van der Waals surface area contributed by atoms with Crippen LogP contribution in [0.1, 0.15) is 44.1 Å². The molecule has 0 radical (unpaired) electrons. The number of piperidine rings is 1. The first kappa shape index (κ1) is 13.8. The highest BCUT2D eigenvalue weighted by Crippen LogP contribution is 2.51. The lowest BCUT2D eigenvalue weighted by Gasteiger charge is -2.40. The average molecular weight is 336 g/mol. The molecule has 3 rings (SSSR count). The number of carbonyl (C=O) groups excluding carboxylic acids is 2. The minimum Gasteiger partial charge on any atom is -0.296 e. The van der Waals surface area contributed by atoms with Gasteiger partial charge in [0.2, 0.25) is 11.8 Å². The van der Waals surface area contributed by atoms with Gasteiger partial charge < -0.3 is 0 Å². The van der Waals surface area contributed by atoms with Crippen LogP contribution >= 0.6 is 15.9 Å². The fraction of sp³-hybridized carbons (Fsp3) is 0.500. The lowest BCUT2D eigenvalue weighted by molar-refractivity contribution is -0.139. The summed E-state index contributed by atoms with van der Waals surface area (Å²) >= 11 is 3.54. The Bertz CT molecular complexity index is 567. The van der Waals surface area contributed by atoms with Crippen LogP contribution in [-0.2, 0) is 9.59 Å². The molecule has 3 nitrogen and oxygen atoms in total. The van der Waals surface area contributed by atoms with Gasteiger partial charge in [-0.25, -0.2) is 0 Å². The number of nitrogens with one attached hydrogen (secondary N) is 1. The van der Waals surface area contributed by atoms with E-state index < -0.39 is 0 Å². The summed E-state index contributed by atoms with van der Waals surface area (Å²) in [5, 5.41) is 2.51. The number of amides is 2. The predicted octanol–water partition coefficient (Wildman–Crippen LogP) is 3.39. The Hall–Kier alpha value is -1.16. The summed E-state index contributed by atoms with van der Waals surface area (Å²) in [6.45, 7) is 2.09. The fourth-order valence-corrected chi connectivity index (χ4v) is 3.95. The summed E-state index contributed by atoms with van der Waals surface area (Å²) in [5.74, 6) is 0.137. The van der Waals surface area contributed by atoms with Crippen molar-refractivity contribution in [3.8, 4) is 0 Å². The SMILES string of the molecule is CC1(CC2CC2)CC(=O)NC(=O)C1c1ccccc1Br. The van der Waals surface area contributed by atoms with Crippen molar-refractivity contribution < 1.29 is 9.59 Å². The van der Waals surface area contributed by atoms with Gasteiger partial charge in [0.05, 0.1) is 5.92 Å². The van der Waals surface area contributed by atoms with E-state index in [0.717, 1.165) is 16.5 Å². The van der Waals surface area contributed by atoms with E-state index in [2.05, 4.69) is 28.2 Å². The smallest absolute Gasteiger partial charge is 0.234 e. The summed E-state index contributed by atoms with van der Waals surface area (Å²) in [6.07, 6.45) is 3.85. The molecule has 0 spiro atoms. The van der Waals surface area contributed by atoms with Crippen LogP contribution in [0.2, 0.25) is 0 Å². The molecule has 106 valence electrons. The monoisotopic (exact) mass is 335 g/mol. The maximum Gasteiger partial charge on any atom is 0.234 e. The van der Waals surface area contributed by atoms with Crippen molar-refractivity contribution in [3.63, 3.8) is 0 Å². The van der Waals surface area contributed by atoms with Crippen molar-refractivity contribution in [1.29, 1.82) is 0 Å². The van der Waals surface area contributed by atoms with Gasteiger partial charge in [-0.1, -0.05) is 53.9 Å². The number of benzene rings is 1. The van der Waals surface area contributed by atoms with Crippen LogP contribution in [0.15, 0.2) is 28.7 Å². The molecule has 4 heteroatoms. The molecule has 2 aliphatic rings. The zero-order valence-corrected chi connectivity index (χ0v) is 13.1. The molecule has 1 saturated carbocycles. The van der Waals surface area contributed by atoms with Crippen molar-refractivity contribution in [2.45, 2.75) is 38.5 Å². The molecular formula is C16H18BrNO2. The van der Waals surface area contributed by atoms with Gasteiger partial charge >= 0.3 is 0 Å². The van der Waals surface area contributed by atoms with E-state index in [0.29, 0.717) is 12.3 Å². The maximum absolute atomic E-state index is 12.4. The van der Waals surface area contributed by atoms with E-state index in [1.807, 2.05) is 24.3 Å². The number of carbonyl (C=O) groups is 2. The molecule has 1 aliphatic heterocycles. The molecule has 20 heavy (non-hydrogen) atoms. The summed E-state index contributed by atoms with van der Waals surface area (Å²) in [4.78, 5) is 24.2. The third-order valence-electron chi connectivity index (χ3n) is 4.45. The summed E-state index contributed by atoms with van der Waals surface area (Å²) < 4.78 is 0.941. The van der Waals surface area contributed by atoms with Crippen molar-refractivity contribution in [2.24, 2.45) is 11.3 Å². The van der Waals surface area contributed by atoms with Crippen LogP contribution in [0.5, 0.6) is 0 Å². The van der Waals surface area contributed by atoms with Gasteiger partial charge in [-0.15, -0.1) is 0 Å². The van der Waals surface area contributed by atoms with Crippen LogP contribution in [0, 0.1) is 11.3 Å². The number of hydrogen-bond donors (Lipinski definition) is 1. The highest BCUT2D eigenvalue weighted by Gasteiger charge is 2.48. The standard InChI is InChI=1S/C16H18BrNO2/c1-16(8-10-6-7-10)9-13(19)18-15(20)14(16)11-4-2-3-5-12(11)17/h2-5,10,14H,6-9H2,1H3,(H,18,19,20). The first-order valence-electron chi connectivity index (χ1n) is 7.08. The molecule has 2 amide bonds. The molecule has 1 aromatic rings. The summed E-state index contributed by atoms with van der Waals surface area (Å²) in [7, 11) is 0. The van der Waals surface area contributed by atoms with Gasteiger partial charge in [-0.2, -0.15) is 0 Å². The molecular weight excluding hydrogens is 318 g/mol. The maximum atomic E-state index is 12.4. The van der Waals surface area contributed by atoms with E-state index in [1.54, 1.807) is 0 Å². The van der Waals surface area contributed by atoms with Crippen molar-refractivity contribution in [2.75, 3.05) is 0 Å². The minimum atomic E-state index is -0.273. The second-order valence-electron chi connectivity index (χ2n) is 6.35. The van der Waals surface area contributed by atoms with Crippen LogP contribution in [0.25, 0.3) is 0 Å². The Balaban J connectivity index is 2.01. The normalized spacial score (nSPS) is 30.2. The molecule has 1 heterocycles. The first-order chi connectivity index (χ1) is 9.49. The highest BCUT2D eigenvalue weighted by atomic mass is 79.9. The molecule has 0 bridgehead atoms. The summed E-state index contributed by atoms with van der Waals surface area (Å²) in [6, 6.07) is 7.82. The number of halogens is 1. The van der Waals surface area contributed by atoms with Crippen molar-refractivity contribution in [3.05, 3.63) is 34.3 Å². The second kappa shape index (κ2) is 4.99. The molecule has 1 saturated heterocycles. The third-order valence-corrected chi connectivity index (χ3v) is 5.18. The van der Waals surface area contributed by atoms with Gasteiger partial charge in [0.1, 0.15) is 0 Å². The third kappa shape index (κ3) is 2.53. The molecule has 2 unspecified atom stereocenters. The van der Waals surface area contributed by atoms with Gasteiger partial charge in [-0.3, -0.25) is 14.9 Å². The first-order valence-corrected chi connectivity index (χ1v) is 7.87. The van der Waals surface area contributed by atoms with E-state index in [-0.39, 0.29) is 23.1 Å². The quantitative estimate of drug-likeness (QED) is 0.860. The topological polar surface area (TPSA) is 46.2 Å². The zero-order valence-electron chi connectivity index (χ0n) is 11.5. The van der Waals surface area contributed by atoms with Crippen molar-refractivity contribution in [1.82, 2.24) is 5.32 Å². The lowest BCUT2D eigenvalue weighted by atomic mass is 9.66. The van der Waals surface area contributed by atoms with Crippen molar-refractivity contribution >= 4 is 27.7 Å². The number of hydrogen-bond acceptors (Lipinski definition) is 2. The van der Waals surface area contributed by atoms with Crippen LogP contribution < -0.4 is 5.32 Å². The van der Waals surface area contributed by atoms with Crippen LogP contribution in [-0.4, -0.2) is 11.8 Å². The molecule has 1 aromatic carbocycles. The van der Waals surface area contributed by atoms with Crippen LogP contribution in [0.4, 0.5) is 0 Å². The van der Waals surface area contributed by atoms with Gasteiger partial charge in [0, 0.05) is 10.9 Å². The molecule has 1 N–H and O–H groups in total. The van der Waals surface area contributed by atoms with Gasteiger partial charge in [0.15, 0.2) is 0 Å². The van der Waals surface area contributed by atoms with E-state index in [4.69, 9.17) is 0 Å². The molecule has 2 fully saturated rings. The zero-order chi connectivity index (χ0) is 14.3. The summed E-state index contributed by atoms with van der Waals surface area (Å²) in [5.41, 5.74) is 0.713. The predicted molar refractivity (Wildman–Crippen MR) is 80.1 cm³/mol. The van der Waals surface area contributed by atoms with E-state index >= 15 is 0 Å². The average Bonchev–Trinajstić information content (AvgIpc) is 3.13. The van der Waals surface area contributed by atoms with Crippen LogP contribution in [0.3, 0.4) is 0 Å². The Morgan fingerprint density at radius 1 is 1.30 bits per heavy atom.